The predicted octanol–water partition coefficient (Wildman–Crippen LogP) is 4.34. The van der Waals surface area contributed by atoms with Gasteiger partial charge in [-0.15, -0.1) is 0 Å². The lowest BCUT2D eigenvalue weighted by Gasteiger charge is -2.29. The fourth-order valence-electron chi connectivity index (χ4n) is 0.684. The van der Waals surface area contributed by atoms with Gasteiger partial charge in [-0.05, 0) is 45.7 Å². The monoisotopic (exact) mass is 268 g/mol. The molecule has 3 nitrogen and oxygen atoms in total. The molecule has 0 spiro atoms. The van der Waals surface area contributed by atoms with Gasteiger partial charge in [0.1, 0.15) is 0 Å². The fraction of sp³-hybridized carbons (Fsp3) is 1.00. The van der Waals surface area contributed by atoms with Gasteiger partial charge < -0.3 is 12.9 Å². The van der Waals surface area contributed by atoms with Crippen LogP contribution in [0, 0.1) is 0 Å². The van der Waals surface area contributed by atoms with E-state index in [1.807, 2.05) is 0 Å². The lowest BCUT2D eigenvalue weighted by atomic mass is 10.5. The van der Waals surface area contributed by atoms with Crippen molar-refractivity contribution >= 4 is 25.2 Å². The minimum atomic E-state index is -1.57. The molecule has 0 aromatic rings. The van der Waals surface area contributed by atoms with Gasteiger partial charge in [0.25, 0.3) is 0 Å². The van der Waals surface area contributed by atoms with Gasteiger partial charge in [0.2, 0.25) is 0 Å². The summed E-state index contributed by atoms with van der Waals surface area (Å²) in [5.74, 6) is 0. The summed E-state index contributed by atoms with van der Waals surface area (Å²) >= 11 is 0. The SMILES string of the molecule is CCCOP(O[Si](C)(C)C)O[Si](C)(C)C. The third-order valence-electron chi connectivity index (χ3n) is 1.10. The molecule has 15 heavy (non-hydrogen) atoms. The van der Waals surface area contributed by atoms with E-state index in [0.29, 0.717) is 0 Å². The molecule has 0 bridgehead atoms. The molecule has 0 aliphatic heterocycles. The zero-order valence-corrected chi connectivity index (χ0v) is 14.0. The van der Waals surface area contributed by atoms with Crippen LogP contribution in [0.25, 0.3) is 0 Å². The Morgan fingerprint density at radius 3 is 1.53 bits per heavy atom. The van der Waals surface area contributed by atoms with Gasteiger partial charge >= 0.3 is 8.60 Å². The molecule has 0 aliphatic carbocycles. The van der Waals surface area contributed by atoms with Crippen LogP contribution in [0.15, 0.2) is 0 Å². The molecule has 0 atom stereocenters. The molecule has 0 fully saturated rings. The minimum Gasteiger partial charge on any atom is -0.355 e. The maximum atomic E-state index is 5.91. The molecule has 0 aromatic carbocycles. The maximum absolute atomic E-state index is 5.91. The van der Waals surface area contributed by atoms with Crippen LogP contribution in [0.4, 0.5) is 0 Å². The lowest BCUT2D eigenvalue weighted by molar-refractivity contribution is 0.263. The Bertz CT molecular complexity index is 161. The van der Waals surface area contributed by atoms with Crippen LogP contribution in [-0.2, 0) is 12.9 Å². The van der Waals surface area contributed by atoms with Gasteiger partial charge in [-0.3, -0.25) is 0 Å². The van der Waals surface area contributed by atoms with Crippen molar-refractivity contribution in [1.29, 1.82) is 0 Å². The summed E-state index contributed by atoms with van der Waals surface area (Å²) in [7, 11) is -4.26. The van der Waals surface area contributed by atoms with Crippen LogP contribution in [0.2, 0.25) is 39.3 Å². The van der Waals surface area contributed by atoms with E-state index in [1.54, 1.807) is 0 Å². The first-order valence-corrected chi connectivity index (χ1v) is 13.4. The highest BCUT2D eigenvalue weighted by Gasteiger charge is 2.28. The van der Waals surface area contributed by atoms with Gasteiger partial charge in [0, 0.05) is 0 Å². The first-order chi connectivity index (χ1) is 6.64. The lowest BCUT2D eigenvalue weighted by Crippen LogP contribution is -2.28. The van der Waals surface area contributed by atoms with E-state index in [4.69, 9.17) is 12.9 Å². The molecular weight excluding hydrogens is 243 g/mol. The Hall–Kier alpha value is 0.744. The molecule has 6 heteroatoms. The Kier molecular flexibility index (Phi) is 6.79. The van der Waals surface area contributed by atoms with E-state index in [-0.39, 0.29) is 0 Å². The average Bonchev–Trinajstić information content (AvgIpc) is 1.94. The van der Waals surface area contributed by atoms with Crippen molar-refractivity contribution in [3.05, 3.63) is 0 Å². The molecule has 0 radical (unpaired) electrons. The third-order valence-corrected chi connectivity index (χ3v) is 7.07. The predicted molar refractivity (Wildman–Crippen MR) is 72.0 cm³/mol. The molecule has 92 valence electrons. The summed E-state index contributed by atoms with van der Waals surface area (Å²) in [6, 6.07) is 0. The Balaban J connectivity index is 4.19. The number of hydrogen-bond acceptors (Lipinski definition) is 3. The van der Waals surface area contributed by atoms with Gasteiger partial charge in [0.15, 0.2) is 16.6 Å². The topological polar surface area (TPSA) is 27.7 Å². The molecule has 0 heterocycles. The second kappa shape index (κ2) is 6.47. The van der Waals surface area contributed by atoms with E-state index in [9.17, 15) is 0 Å². The molecule has 0 aliphatic rings. The zero-order chi connectivity index (χ0) is 12.1. The molecule has 0 N–H and O–H groups in total. The van der Waals surface area contributed by atoms with Gasteiger partial charge in [-0.2, -0.15) is 0 Å². The fourth-order valence-corrected chi connectivity index (χ4v) is 5.50. The second-order valence-corrected chi connectivity index (χ2v) is 16.1. The van der Waals surface area contributed by atoms with Crippen molar-refractivity contribution in [1.82, 2.24) is 0 Å². The van der Waals surface area contributed by atoms with Crippen LogP contribution in [0.5, 0.6) is 0 Å². The van der Waals surface area contributed by atoms with Crippen LogP contribution in [0.3, 0.4) is 0 Å². The summed E-state index contributed by atoms with van der Waals surface area (Å²) in [5.41, 5.74) is 0. The summed E-state index contributed by atoms with van der Waals surface area (Å²) < 4.78 is 17.5. The largest absolute Gasteiger partial charge is 0.355 e. The highest BCUT2D eigenvalue weighted by molar-refractivity contribution is 7.45. The van der Waals surface area contributed by atoms with Gasteiger partial charge in [-0.1, -0.05) is 6.92 Å². The number of hydrogen-bond donors (Lipinski definition) is 0. The van der Waals surface area contributed by atoms with Crippen LogP contribution < -0.4 is 0 Å². The van der Waals surface area contributed by atoms with Crippen LogP contribution >= 0.6 is 8.60 Å². The summed E-state index contributed by atoms with van der Waals surface area (Å²) in [6.45, 7) is 15.8. The quantitative estimate of drug-likeness (QED) is 0.507. The third kappa shape index (κ3) is 11.0. The van der Waals surface area contributed by atoms with Gasteiger partial charge in [-0.25, -0.2) is 0 Å². The smallest absolute Gasteiger partial charge is 0.311 e. The number of rotatable bonds is 7. The first-order valence-electron chi connectivity index (χ1n) is 5.45. The molecule has 0 saturated carbocycles. The van der Waals surface area contributed by atoms with E-state index >= 15 is 0 Å². The van der Waals surface area contributed by atoms with Crippen molar-refractivity contribution in [3.63, 3.8) is 0 Å². The van der Waals surface area contributed by atoms with Crippen molar-refractivity contribution in [3.8, 4) is 0 Å². The molecule has 0 unspecified atom stereocenters. The Morgan fingerprint density at radius 1 is 0.867 bits per heavy atom. The molecule has 0 saturated heterocycles. The van der Waals surface area contributed by atoms with Crippen LogP contribution in [0.1, 0.15) is 13.3 Å². The maximum Gasteiger partial charge on any atom is 0.311 e. The van der Waals surface area contributed by atoms with E-state index in [0.717, 1.165) is 13.0 Å². The molecule has 0 aromatic heterocycles. The van der Waals surface area contributed by atoms with Crippen molar-refractivity contribution in [2.24, 2.45) is 0 Å². The molecule has 0 amide bonds. The standard InChI is InChI=1S/C9H25O3PSi2/c1-8-9-10-13(11-14(2,3)4)12-15(5,6)7/h8-9H2,1-7H3. The van der Waals surface area contributed by atoms with E-state index < -0.39 is 25.2 Å². The summed E-state index contributed by atoms with van der Waals surface area (Å²) in [6.07, 6.45) is 1.00. The van der Waals surface area contributed by atoms with Crippen LogP contribution in [-0.4, -0.2) is 23.2 Å². The van der Waals surface area contributed by atoms with E-state index in [1.165, 1.54) is 0 Å². The summed E-state index contributed by atoms with van der Waals surface area (Å²) in [5, 5.41) is 0. The second-order valence-electron chi connectivity index (χ2n) is 5.46. The molecule has 0 rings (SSSR count). The highest BCUT2D eigenvalue weighted by Crippen LogP contribution is 2.45. The highest BCUT2D eigenvalue weighted by atomic mass is 31.2. The Morgan fingerprint density at radius 2 is 1.27 bits per heavy atom. The normalized spacial score (nSPS) is 13.6. The summed E-state index contributed by atoms with van der Waals surface area (Å²) in [4.78, 5) is 0. The first kappa shape index (κ1) is 15.7. The van der Waals surface area contributed by atoms with Gasteiger partial charge in [0.05, 0.1) is 6.61 Å². The Labute approximate surface area is 97.8 Å². The van der Waals surface area contributed by atoms with Crippen molar-refractivity contribution in [2.75, 3.05) is 6.61 Å². The minimum absolute atomic E-state index is 0.723. The molecular formula is C9H25O3PSi2. The van der Waals surface area contributed by atoms with Crippen molar-refractivity contribution in [2.45, 2.75) is 52.6 Å². The van der Waals surface area contributed by atoms with E-state index in [2.05, 4.69) is 46.2 Å². The average molecular weight is 268 g/mol. The zero-order valence-electron chi connectivity index (χ0n) is 11.1. The van der Waals surface area contributed by atoms with Crippen molar-refractivity contribution < 1.29 is 12.9 Å².